The van der Waals surface area contributed by atoms with Crippen molar-refractivity contribution in [1.29, 1.82) is 0 Å². The van der Waals surface area contributed by atoms with Gasteiger partial charge in [0.15, 0.2) is 0 Å². The second kappa shape index (κ2) is 5.53. The first-order valence-electron chi connectivity index (χ1n) is 7.58. The maximum atomic E-state index is 12.0. The molecule has 0 aromatic rings. The van der Waals surface area contributed by atoms with Gasteiger partial charge in [0.1, 0.15) is 5.60 Å². The number of carbonyl (C=O) groups excluding carboxylic acids is 1. The lowest BCUT2D eigenvalue weighted by atomic mass is 9.77. The van der Waals surface area contributed by atoms with Crippen molar-refractivity contribution in [1.82, 2.24) is 10.2 Å². The Morgan fingerprint density at radius 3 is 2.35 bits per heavy atom. The second-order valence-corrected chi connectivity index (χ2v) is 7.34. The van der Waals surface area contributed by atoms with E-state index in [1.54, 1.807) is 4.90 Å². The van der Waals surface area contributed by atoms with Crippen molar-refractivity contribution in [3.63, 3.8) is 0 Å². The van der Waals surface area contributed by atoms with E-state index in [9.17, 15) is 9.90 Å². The number of likely N-dealkylation sites (N-methyl/N-ethyl adjacent to an activating group) is 1. The maximum absolute atomic E-state index is 12.0. The third-order valence-corrected chi connectivity index (χ3v) is 4.61. The zero-order chi connectivity index (χ0) is 15.0. The van der Waals surface area contributed by atoms with Gasteiger partial charge in [-0.2, -0.15) is 0 Å². The Balaban J connectivity index is 1.88. The molecule has 2 fully saturated rings. The molecule has 116 valence electrons. The van der Waals surface area contributed by atoms with E-state index in [1.807, 2.05) is 27.8 Å². The molecule has 1 saturated heterocycles. The minimum Gasteiger partial charge on any atom is -0.444 e. The first-order chi connectivity index (χ1) is 9.25. The number of piperidine rings is 1. The largest absolute Gasteiger partial charge is 0.444 e. The Bertz CT molecular complexity index is 357. The van der Waals surface area contributed by atoms with Gasteiger partial charge in [-0.1, -0.05) is 0 Å². The lowest BCUT2D eigenvalue weighted by Gasteiger charge is -2.39. The van der Waals surface area contributed by atoms with Crippen molar-refractivity contribution < 1.29 is 14.6 Å². The molecule has 1 aliphatic heterocycles. The van der Waals surface area contributed by atoms with Crippen molar-refractivity contribution in [2.45, 2.75) is 64.2 Å². The number of nitrogens with one attached hydrogen (secondary N) is 1. The van der Waals surface area contributed by atoms with Crippen LogP contribution < -0.4 is 5.32 Å². The highest BCUT2D eigenvalue weighted by atomic mass is 16.6. The topological polar surface area (TPSA) is 61.8 Å². The van der Waals surface area contributed by atoms with E-state index in [-0.39, 0.29) is 23.7 Å². The molecule has 0 radical (unpaired) electrons. The van der Waals surface area contributed by atoms with Crippen molar-refractivity contribution >= 4 is 6.09 Å². The Morgan fingerprint density at radius 2 is 1.90 bits per heavy atom. The summed E-state index contributed by atoms with van der Waals surface area (Å²) in [6.07, 6.45) is 3.31. The average Bonchev–Trinajstić information content (AvgIpc) is 2.64. The van der Waals surface area contributed by atoms with Gasteiger partial charge < -0.3 is 20.1 Å². The highest BCUT2D eigenvalue weighted by molar-refractivity contribution is 5.68. The van der Waals surface area contributed by atoms with Gasteiger partial charge in [0.2, 0.25) is 0 Å². The van der Waals surface area contributed by atoms with Gasteiger partial charge in [-0.05, 0) is 58.9 Å². The number of aliphatic hydroxyl groups is 1. The van der Waals surface area contributed by atoms with Crippen LogP contribution in [0, 0.1) is 5.41 Å². The first kappa shape index (κ1) is 15.6. The molecule has 5 nitrogen and oxygen atoms in total. The van der Waals surface area contributed by atoms with Gasteiger partial charge >= 0.3 is 6.09 Å². The summed E-state index contributed by atoms with van der Waals surface area (Å²) in [5.74, 6) is 0. The van der Waals surface area contributed by atoms with Crippen LogP contribution in [-0.4, -0.2) is 54.0 Å². The Kier molecular flexibility index (Phi) is 4.30. The molecular weight excluding hydrogens is 256 g/mol. The van der Waals surface area contributed by atoms with Crippen molar-refractivity contribution in [3.8, 4) is 0 Å². The molecule has 2 N–H and O–H groups in total. The zero-order valence-electron chi connectivity index (χ0n) is 13.1. The van der Waals surface area contributed by atoms with E-state index in [0.717, 1.165) is 38.8 Å². The van der Waals surface area contributed by atoms with Crippen molar-refractivity contribution in [2.24, 2.45) is 5.41 Å². The van der Waals surface area contributed by atoms with E-state index in [1.165, 1.54) is 0 Å². The number of nitrogens with zero attached hydrogens (tertiary/aromatic N) is 1. The molecule has 5 heteroatoms. The van der Waals surface area contributed by atoms with Crippen molar-refractivity contribution in [3.05, 3.63) is 0 Å². The minimum atomic E-state index is -0.438. The van der Waals surface area contributed by atoms with Crippen molar-refractivity contribution in [2.75, 3.05) is 20.1 Å². The standard InChI is InChI=1S/C15H28N2O3/c1-14(2,3)20-13(19)17-7-5-15(6-8-17)9-11(16-4)12(18)10-15/h11-12,16,18H,5-10H2,1-4H3. The number of carbonyl (C=O) groups is 1. The number of hydrogen-bond donors (Lipinski definition) is 2. The van der Waals surface area contributed by atoms with Crippen LogP contribution in [-0.2, 0) is 4.74 Å². The van der Waals surface area contributed by atoms with Gasteiger partial charge in [0, 0.05) is 19.1 Å². The molecule has 1 saturated carbocycles. The van der Waals surface area contributed by atoms with Gasteiger partial charge in [0.05, 0.1) is 6.10 Å². The summed E-state index contributed by atoms with van der Waals surface area (Å²) < 4.78 is 5.42. The highest BCUT2D eigenvalue weighted by Crippen LogP contribution is 2.46. The van der Waals surface area contributed by atoms with Gasteiger partial charge in [-0.15, -0.1) is 0 Å². The first-order valence-corrected chi connectivity index (χ1v) is 7.58. The Hall–Kier alpha value is -0.810. The Labute approximate surface area is 121 Å². The summed E-state index contributed by atoms with van der Waals surface area (Å²) in [7, 11) is 1.91. The summed E-state index contributed by atoms with van der Waals surface area (Å²) in [5.41, 5.74) is -0.237. The van der Waals surface area contributed by atoms with Gasteiger partial charge in [-0.3, -0.25) is 0 Å². The van der Waals surface area contributed by atoms with Gasteiger partial charge in [0.25, 0.3) is 0 Å². The van der Waals surface area contributed by atoms with Crippen LogP contribution in [0.4, 0.5) is 4.79 Å². The van der Waals surface area contributed by atoms with Gasteiger partial charge in [-0.25, -0.2) is 4.79 Å². The van der Waals surface area contributed by atoms with Crippen LogP contribution in [0.2, 0.25) is 0 Å². The Morgan fingerprint density at radius 1 is 1.30 bits per heavy atom. The van der Waals surface area contributed by atoms with Crippen LogP contribution in [0.3, 0.4) is 0 Å². The predicted octanol–water partition coefficient (Wildman–Crippen LogP) is 1.75. The second-order valence-electron chi connectivity index (χ2n) is 7.34. The van der Waals surface area contributed by atoms with Crippen LogP contribution in [0.15, 0.2) is 0 Å². The third kappa shape index (κ3) is 3.44. The molecular formula is C15H28N2O3. The fraction of sp³-hybridized carbons (Fsp3) is 0.933. The SMILES string of the molecule is CNC1CC2(CCN(C(=O)OC(C)(C)C)CC2)CC1O. The smallest absolute Gasteiger partial charge is 0.410 e. The normalized spacial score (nSPS) is 29.8. The number of hydrogen-bond acceptors (Lipinski definition) is 4. The third-order valence-electron chi connectivity index (χ3n) is 4.61. The summed E-state index contributed by atoms with van der Waals surface area (Å²) in [4.78, 5) is 13.8. The number of aliphatic hydroxyl groups excluding tert-OH is 1. The van der Waals surface area contributed by atoms with E-state index in [4.69, 9.17) is 4.74 Å². The van der Waals surface area contributed by atoms with Crippen LogP contribution in [0.5, 0.6) is 0 Å². The molecule has 1 heterocycles. The predicted molar refractivity (Wildman–Crippen MR) is 77.6 cm³/mol. The maximum Gasteiger partial charge on any atom is 0.410 e. The molecule has 2 rings (SSSR count). The molecule has 2 unspecified atom stereocenters. The quantitative estimate of drug-likeness (QED) is 0.770. The number of amides is 1. The van der Waals surface area contributed by atoms with Crippen LogP contribution >= 0.6 is 0 Å². The summed E-state index contributed by atoms with van der Waals surface area (Å²) in [6.45, 7) is 7.14. The van der Waals surface area contributed by atoms with E-state index < -0.39 is 5.60 Å². The summed E-state index contributed by atoms with van der Waals surface area (Å²) in [6, 6.07) is 0.197. The molecule has 1 amide bonds. The molecule has 20 heavy (non-hydrogen) atoms. The minimum absolute atomic E-state index is 0.197. The molecule has 2 aliphatic rings. The average molecular weight is 284 g/mol. The lowest BCUT2D eigenvalue weighted by Crippen LogP contribution is -2.44. The van der Waals surface area contributed by atoms with Crippen LogP contribution in [0.25, 0.3) is 0 Å². The monoisotopic (exact) mass is 284 g/mol. The summed E-state index contributed by atoms with van der Waals surface area (Å²) >= 11 is 0. The molecule has 2 atom stereocenters. The number of ether oxygens (including phenoxy) is 1. The number of likely N-dealkylation sites (tertiary alicyclic amines) is 1. The molecule has 0 bridgehead atoms. The van der Waals surface area contributed by atoms with E-state index >= 15 is 0 Å². The molecule has 0 aromatic heterocycles. The number of rotatable bonds is 1. The molecule has 0 aromatic carbocycles. The highest BCUT2D eigenvalue weighted by Gasteiger charge is 2.46. The summed E-state index contributed by atoms with van der Waals surface area (Å²) in [5, 5.41) is 13.3. The fourth-order valence-electron chi connectivity index (χ4n) is 3.46. The molecule has 1 aliphatic carbocycles. The van der Waals surface area contributed by atoms with E-state index in [0.29, 0.717) is 0 Å². The molecule has 1 spiro atoms. The fourth-order valence-corrected chi connectivity index (χ4v) is 3.46. The zero-order valence-corrected chi connectivity index (χ0v) is 13.1. The van der Waals surface area contributed by atoms with E-state index in [2.05, 4.69) is 5.32 Å². The lowest BCUT2D eigenvalue weighted by molar-refractivity contribution is 0.00927. The van der Waals surface area contributed by atoms with Crippen LogP contribution in [0.1, 0.15) is 46.5 Å².